The number of carbonyl (C=O) groups is 1. The van der Waals surface area contributed by atoms with E-state index in [1.54, 1.807) is 12.1 Å². The summed E-state index contributed by atoms with van der Waals surface area (Å²) >= 11 is 6.11. The van der Waals surface area contributed by atoms with Gasteiger partial charge in [-0.15, -0.1) is 0 Å². The van der Waals surface area contributed by atoms with Crippen LogP contribution < -0.4 is 19.5 Å². The minimum atomic E-state index is -0.292. The predicted molar refractivity (Wildman–Crippen MR) is 97.1 cm³/mol. The van der Waals surface area contributed by atoms with Crippen molar-refractivity contribution in [2.24, 2.45) is 0 Å². The van der Waals surface area contributed by atoms with E-state index < -0.39 is 0 Å². The normalized spacial score (nSPS) is 12.4. The number of methoxy groups -OCH3 is 2. The highest BCUT2D eigenvalue weighted by molar-refractivity contribution is 6.32. The topological polar surface area (TPSA) is 56.8 Å². The molecule has 0 saturated heterocycles. The van der Waals surface area contributed by atoms with Crippen molar-refractivity contribution in [2.45, 2.75) is 19.3 Å². The van der Waals surface area contributed by atoms with Crippen LogP contribution in [0.1, 0.15) is 17.5 Å². The first-order valence-corrected chi connectivity index (χ1v) is 8.44. The molecule has 0 fully saturated rings. The quantitative estimate of drug-likeness (QED) is 0.848. The second kappa shape index (κ2) is 7.66. The van der Waals surface area contributed by atoms with Gasteiger partial charge in [-0.2, -0.15) is 0 Å². The van der Waals surface area contributed by atoms with Crippen LogP contribution in [0.25, 0.3) is 0 Å². The largest absolute Gasteiger partial charge is 0.495 e. The van der Waals surface area contributed by atoms with Crippen LogP contribution in [0.2, 0.25) is 5.02 Å². The molecule has 0 unspecified atom stereocenters. The van der Waals surface area contributed by atoms with Crippen molar-refractivity contribution in [3.8, 4) is 17.2 Å². The molecule has 3 rings (SSSR count). The van der Waals surface area contributed by atoms with Gasteiger partial charge in [0.1, 0.15) is 17.2 Å². The standard InChI is InChI=1S/C19H20ClNO4/c1-23-17-10-18(24-2)16(9-15(17)20)21-19(22)11-25-14-7-6-12-4-3-5-13(12)8-14/h6-10H,3-5,11H2,1-2H3,(H,21,22). The third kappa shape index (κ3) is 3.99. The van der Waals surface area contributed by atoms with E-state index in [0.29, 0.717) is 28.0 Å². The minimum absolute atomic E-state index is 0.0917. The highest BCUT2D eigenvalue weighted by Crippen LogP contribution is 2.35. The highest BCUT2D eigenvalue weighted by Gasteiger charge is 2.14. The average molecular weight is 362 g/mol. The number of nitrogens with one attached hydrogen (secondary N) is 1. The fourth-order valence-corrected chi connectivity index (χ4v) is 3.17. The molecule has 1 amide bonds. The summed E-state index contributed by atoms with van der Waals surface area (Å²) < 4.78 is 16.0. The first-order valence-electron chi connectivity index (χ1n) is 8.06. The van der Waals surface area contributed by atoms with E-state index >= 15 is 0 Å². The van der Waals surface area contributed by atoms with Gasteiger partial charge in [0.25, 0.3) is 5.91 Å². The number of amides is 1. The Morgan fingerprint density at radius 1 is 1.08 bits per heavy atom. The van der Waals surface area contributed by atoms with Gasteiger partial charge in [-0.25, -0.2) is 0 Å². The second-order valence-electron chi connectivity index (χ2n) is 5.81. The van der Waals surface area contributed by atoms with E-state index in [1.807, 2.05) is 12.1 Å². The van der Waals surface area contributed by atoms with E-state index in [1.165, 1.54) is 31.8 Å². The number of rotatable bonds is 6. The van der Waals surface area contributed by atoms with Gasteiger partial charge in [0.15, 0.2) is 6.61 Å². The van der Waals surface area contributed by atoms with Crippen molar-refractivity contribution < 1.29 is 19.0 Å². The maximum atomic E-state index is 12.2. The Morgan fingerprint density at radius 2 is 1.84 bits per heavy atom. The van der Waals surface area contributed by atoms with Crippen LogP contribution in [0.5, 0.6) is 17.2 Å². The molecular weight excluding hydrogens is 342 g/mol. The maximum absolute atomic E-state index is 12.2. The lowest BCUT2D eigenvalue weighted by Gasteiger charge is -2.13. The van der Waals surface area contributed by atoms with Crippen LogP contribution in [-0.2, 0) is 17.6 Å². The number of carbonyl (C=O) groups excluding carboxylic acids is 1. The lowest BCUT2D eigenvalue weighted by Crippen LogP contribution is -2.20. The molecule has 1 aliphatic rings. The lowest BCUT2D eigenvalue weighted by molar-refractivity contribution is -0.118. The first kappa shape index (κ1) is 17.4. The Kier molecular flexibility index (Phi) is 5.34. The summed E-state index contributed by atoms with van der Waals surface area (Å²) in [5, 5.41) is 3.13. The first-order chi connectivity index (χ1) is 12.1. The molecule has 0 aliphatic heterocycles. The number of benzene rings is 2. The van der Waals surface area contributed by atoms with E-state index in [2.05, 4.69) is 11.4 Å². The third-order valence-corrected chi connectivity index (χ3v) is 4.48. The van der Waals surface area contributed by atoms with Crippen LogP contribution in [0.15, 0.2) is 30.3 Å². The number of anilines is 1. The molecule has 25 heavy (non-hydrogen) atoms. The molecule has 6 heteroatoms. The Balaban J connectivity index is 1.64. The van der Waals surface area contributed by atoms with Crippen LogP contribution in [0, 0.1) is 0 Å². The molecule has 0 radical (unpaired) electrons. The molecule has 0 bridgehead atoms. The van der Waals surface area contributed by atoms with Crippen LogP contribution >= 0.6 is 11.6 Å². The Hall–Kier alpha value is -2.40. The number of aryl methyl sites for hydroxylation is 2. The average Bonchev–Trinajstić information content (AvgIpc) is 3.08. The van der Waals surface area contributed by atoms with E-state index in [9.17, 15) is 4.79 Å². The third-order valence-electron chi connectivity index (χ3n) is 4.19. The summed E-state index contributed by atoms with van der Waals surface area (Å²) in [4.78, 5) is 12.2. The van der Waals surface area contributed by atoms with Crippen LogP contribution in [0.3, 0.4) is 0 Å². The molecule has 0 spiro atoms. The number of ether oxygens (including phenoxy) is 3. The number of fused-ring (bicyclic) bond motifs is 1. The van der Waals surface area contributed by atoms with Crippen molar-refractivity contribution >= 4 is 23.2 Å². The zero-order chi connectivity index (χ0) is 17.8. The number of hydrogen-bond donors (Lipinski definition) is 1. The van der Waals surface area contributed by atoms with Gasteiger partial charge in [-0.3, -0.25) is 4.79 Å². The molecule has 1 aliphatic carbocycles. The molecule has 0 atom stereocenters. The summed E-state index contributed by atoms with van der Waals surface area (Å²) in [6.45, 7) is -0.0917. The Labute approximate surface area is 151 Å². The summed E-state index contributed by atoms with van der Waals surface area (Å²) in [6, 6.07) is 9.20. The molecular formula is C19H20ClNO4. The van der Waals surface area contributed by atoms with Gasteiger partial charge >= 0.3 is 0 Å². The SMILES string of the molecule is COc1cc(OC)c(NC(=O)COc2ccc3c(c2)CCC3)cc1Cl. The molecule has 0 saturated carbocycles. The van der Waals surface area contributed by atoms with Crippen molar-refractivity contribution in [1.82, 2.24) is 0 Å². The van der Waals surface area contributed by atoms with Crippen LogP contribution in [0.4, 0.5) is 5.69 Å². The fourth-order valence-electron chi connectivity index (χ4n) is 2.93. The van der Waals surface area contributed by atoms with Crippen molar-refractivity contribution in [3.05, 3.63) is 46.5 Å². The Bertz CT molecular complexity index is 791. The summed E-state index contributed by atoms with van der Waals surface area (Å²) in [5.41, 5.74) is 3.15. The molecule has 2 aromatic rings. The maximum Gasteiger partial charge on any atom is 0.262 e. The van der Waals surface area contributed by atoms with Crippen molar-refractivity contribution in [1.29, 1.82) is 0 Å². The molecule has 0 aromatic heterocycles. The van der Waals surface area contributed by atoms with Gasteiger partial charge in [0.05, 0.1) is 24.9 Å². The summed E-state index contributed by atoms with van der Waals surface area (Å²) in [6.07, 6.45) is 3.37. The van der Waals surface area contributed by atoms with Crippen molar-refractivity contribution in [2.75, 3.05) is 26.1 Å². The van der Waals surface area contributed by atoms with Gasteiger partial charge in [0.2, 0.25) is 0 Å². The second-order valence-corrected chi connectivity index (χ2v) is 6.22. The zero-order valence-electron chi connectivity index (χ0n) is 14.2. The van der Waals surface area contributed by atoms with E-state index in [4.69, 9.17) is 25.8 Å². The minimum Gasteiger partial charge on any atom is -0.495 e. The summed E-state index contributed by atoms with van der Waals surface area (Å²) in [7, 11) is 3.03. The van der Waals surface area contributed by atoms with Crippen LogP contribution in [-0.4, -0.2) is 26.7 Å². The van der Waals surface area contributed by atoms with E-state index in [-0.39, 0.29) is 12.5 Å². The van der Waals surface area contributed by atoms with Gasteiger partial charge < -0.3 is 19.5 Å². The highest BCUT2D eigenvalue weighted by atomic mass is 35.5. The lowest BCUT2D eigenvalue weighted by atomic mass is 10.1. The summed E-state index contributed by atoms with van der Waals surface area (Å²) in [5.74, 6) is 1.36. The fraction of sp³-hybridized carbons (Fsp3) is 0.316. The van der Waals surface area contributed by atoms with Gasteiger partial charge in [-0.1, -0.05) is 17.7 Å². The molecule has 132 valence electrons. The Morgan fingerprint density at radius 3 is 2.60 bits per heavy atom. The predicted octanol–water partition coefficient (Wildman–Crippen LogP) is 3.86. The molecule has 0 heterocycles. The van der Waals surface area contributed by atoms with E-state index in [0.717, 1.165) is 12.8 Å². The monoisotopic (exact) mass is 361 g/mol. The number of halogens is 1. The zero-order valence-corrected chi connectivity index (χ0v) is 15.0. The number of hydrogen-bond acceptors (Lipinski definition) is 4. The smallest absolute Gasteiger partial charge is 0.262 e. The van der Waals surface area contributed by atoms with Crippen molar-refractivity contribution in [3.63, 3.8) is 0 Å². The van der Waals surface area contributed by atoms with Gasteiger partial charge in [0, 0.05) is 6.07 Å². The molecule has 2 aromatic carbocycles. The van der Waals surface area contributed by atoms with Gasteiger partial charge in [-0.05, 0) is 48.6 Å². The molecule has 1 N–H and O–H groups in total. The molecule has 5 nitrogen and oxygen atoms in total.